The highest BCUT2D eigenvalue weighted by molar-refractivity contribution is 5.89. The number of ether oxygens (including phenoxy) is 2. The molecule has 1 aliphatic rings. The van der Waals surface area contributed by atoms with Gasteiger partial charge in [-0.3, -0.25) is 4.90 Å². The van der Waals surface area contributed by atoms with Crippen LogP contribution in [-0.2, 0) is 4.74 Å². The number of rotatable bonds is 9. The zero-order valence-corrected chi connectivity index (χ0v) is 16.0. The van der Waals surface area contributed by atoms with Crippen molar-refractivity contribution >= 4 is 5.97 Å². The molecule has 4 heteroatoms. The first-order chi connectivity index (χ1) is 12.1. The molecule has 1 heterocycles. The fourth-order valence-electron chi connectivity index (χ4n) is 3.43. The quantitative estimate of drug-likeness (QED) is 0.480. The predicted molar refractivity (Wildman–Crippen MR) is 101 cm³/mol. The lowest BCUT2D eigenvalue weighted by Crippen LogP contribution is -2.44. The molecule has 0 aromatic heterocycles. The second-order valence-electron chi connectivity index (χ2n) is 7.08. The zero-order valence-electron chi connectivity index (χ0n) is 16.0. The van der Waals surface area contributed by atoms with Gasteiger partial charge < -0.3 is 9.47 Å². The van der Waals surface area contributed by atoms with Crippen LogP contribution in [0.25, 0.3) is 0 Å². The van der Waals surface area contributed by atoms with E-state index in [1.807, 2.05) is 12.1 Å². The van der Waals surface area contributed by atoms with Crippen LogP contribution in [0.1, 0.15) is 69.7 Å². The number of esters is 1. The van der Waals surface area contributed by atoms with Gasteiger partial charge >= 0.3 is 5.97 Å². The van der Waals surface area contributed by atoms with Gasteiger partial charge in [0.25, 0.3) is 0 Å². The lowest BCUT2D eigenvalue weighted by atomic mass is 9.97. The van der Waals surface area contributed by atoms with Gasteiger partial charge in [0.2, 0.25) is 0 Å². The van der Waals surface area contributed by atoms with Crippen LogP contribution >= 0.6 is 0 Å². The molecule has 4 nitrogen and oxygen atoms in total. The average molecular weight is 347 g/mol. The smallest absolute Gasteiger partial charge is 0.338 e. The van der Waals surface area contributed by atoms with E-state index in [0.717, 1.165) is 31.6 Å². The van der Waals surface area contributed by atoms with Crippen molar-refractivity contribution in [3.63, 3.8) is 0 Å². The normalized spacial score (nSPS) is 21.1. The number of benzene rings is 1. The van der Waals surface area contributed by atoms with Crippen molar-refractivity contribution in [3.05, 3.63) is 29.8 Å². The van der Waals surface area contributed by atoms with Crippen LogP contribution < -0.4 is 4.74 Å². The van der Waals surface area contributed by atoms with E-state index in [1.54, 1.807) is 12.1 Å². The van der Waals surface area contributed by atoms with Crippen LogP contribution in [0.4, 0.5) is 0 Å². The lowest BCUT2D eigenvalue weighted by Gasteiger charge is -2.38. The number of nitrogens with zero attached hydrogens (tertiary/aromatic N) is 1. The zero-order chi connectivity index (χ0) is 18.1. The van der Waals surface area contributed by atoms with Gasteiger partial charge in [-0.1, -0.05) is 19.8 Å². The molecule has 0 N–H and O–H groups in total. The highest BCUT2D eigenvalue weighted by Gasteiger charge is 2.23. The maximum atomic E-state index is 12.1. The van der Waals surface area contributed by atoms with Crippen molar-refractivity contribution in [2.75, 3.05) is 19.8 Å². The SMILES string of the molecule is CCCCOc1ccc(C(=O)OCCCN2C(C)CCCC2C)cc1. The van der Waals surface area contributed by atoms with Gasteiger partial charge in [-0.2, -0.15) is 0 Å². The highest BCUT2D eigenvalue weighted by atomic mass is 16.5. The van der Waals surface area contributed by atoms with Crippen LogP contribution in [0, 0.1) is 0 Å². The fraction of sp³-hybridized carbons (Fsp3) is 0.667. The van der Waals surface area contributed by atoms with E-state index in [9.17, 15) is 4.79 Å². The Kier molecular flexibility index (Phi) is 8.26. The van der Waals surface area contributed by atoms with Gasteiger partial charge in [-0.05, 0) is 63.8 Å². The number of unbranched alkanes of at least 4 members (excludes halogenated alkanes) is 1. The summed E-state index contributed by atoms with van der Waals surface area (Å²) in [6, 6.07) is 8.50. The topological polar surface area (TPSA) is 38.8 Å². The largest absolute Gasteiger partial charge is 0.494 e. The summed E-state index contributed by atoms with van der Waals surface area (Å²) in [5, 5.41) is 0. The number of likely N-dealkylation sites (tertiary alicyclic amines) is 1. The van der Waals surface area contributed by atoms with E-state index < -0.39 is 0 Å². The number of hydrogen-bond acceptors (Lipinski definition) is 4. The fourth-order valence-corrected chi connectivity index (χ4v) is 3.43. The van der Waals surface area contributed by atoms with E-state index in [2.05, 4.69) is 25.7 Å². The molecule has 0 spiro atoms. The molecule has 140 valence electrons. The minimum Gasteiger partial charge on any atom is -0.494 e. The Morgan fingerprint density at radius 2 is 1.76 bits per heavy atom. The van der Waals surface area contributed by atoms with Crippen molar-refractivity contribution in [1.82, 2.24) is 4.90 Å². The van der Waals surface area contributed by atoms with E-state index in [0.29, 0.717) is 30.9 Å². The molecule has 2 atom stereocenters. The van der Waals surface area contributed by atoms with E-state index in [4.69, 9.17) is 9.47 Å². The summed E-state index contributed by atoms with van der Waals surface area (Å²) in [5.41, 5.74) is 0.586. The van der Waals surface area contributed by atoms with Crippen LogP contribution in [-0.4, -0.2) is 42.7 Å². The molecule has 0 aliphatic carbocycles. The first kappa shape index (κ1) is 19.8. The second-order valence-corrected chi connectivity index (χ2v) is 7.08. The van der Waals surface area contributed by atoms with Crippen LogP contribution in [0.5, 0.6) is 5.75 Å². The Morgan fingerprint density at radius 1 is 1.08 bits per heavy atom. The van der Waals surface area contributed by atoms with E-state index in [1.165, 1.54) is 19.3 Å². The number of carbonyl (C=O) groups excluding carboxylic acids is 1. The lowest BCUT2D eigenvalue weighted by molar-refractivity contribution is 0.0450. The van der Waals surface area contributed by atoms with Gasteiger partial charge in [0.1, 0.15) is 5.75 Å². The minimum absolute atomic E-state index is 0.250. The second kappa shape index (κ2) is 10.4. The summed E-state index contributed by atoms with van der Waals surface area (Å²) in [6.45, 7) is 8.92. The molecule has 0 bridgehead atoms. The molecule has 1 saturated heterocycles. The molecule has 2 rings (SSSR count). The van der Waals surface area contributed by atoms with Crippen molar-refractivity contribution in [1.29, 1.82) is 0 Å². The molecule has 0 amide bonds. The number of piperidine rings is 1. The Morgan fingerprint density at radius 3 is 2.40 bits per heavy atom. The maximum Gasteiger partial charge on any atom is 0.338 e. The first-order valence-corrected chi connectivity index (χ1v) is 9.77. The molecule has 1 fully saturated rings. The van der Waals surface area contributed by atoms with Gasteiger partial charge in [-0.25, -0.2) is 4.79 Å². The van der Waals surface area contributed by atoms with Gasteiger partial charge in [0.15, 0.2) is 0 Å². The van der Waals surface area contributed by atoms with Crippen molar-refractivity contribution in [2.45, 2.75) is 71.4 Å². The summed E-state index contributed by atoms with van der Waals surface area (Å²) in [6.07, 6.45) is 6.91. The maximum absolute atomic E-state index is 12.1. The molecular weight excluding hydrogens is 314 g/mol. The van der Waals surface area contributed by atoms with Crippen molar-refractivity contribution in [2.24, 2.45) is 0 Å². The average Bonchev–Trinajstić information content (AvgIpc) is 2.61. The van der Waals surface area contributed by atoms with Crippen molar-refractivity contribution < 1.29 is 14.3 Å². The molecule has 25 heavy (non-hydrogen) atoms. The molecular formula is C21H33NO3. The van der Waals surface area contributed by atoms with E-state index >= 15 is 0 Å². The standard InChI is InChI=1S/C21H33NO3/c1-4-5-15-24-20-12-10-19(11-13-20)21(23)25-16-7-14-22-17(2)8-6-9-18(22)3/h10-13,17-18H,4-9,14-16H2,1-3H3. The Labute approximate surface area is 152 Å². The Balaban J connectivity index is 1.69. The summed E-state index contributed by atoms with van der Waals surface area (Å²) in [7, 11) is 0. The third-order valence-corrected chi connectivity index (χ3v) is 5.03. The summed E-state index contributed by atoms with van der Waals surface area (Å²) >= 11 is 0. The summed E-state index contributed by atoms with van der Waals surface area (Å²) in [5.74, 6) is 0.554. The molecule has 2 unspecified atom stereocenters. The van der Waals surface area contributed by atoms with Crippen molar-refractivity contribution in [3.8, 4) is 5.75 Å². The van der Waals surface area contributed by atoms with Crippen LogP contribution in [0.3, 0.4) is 0 Å². The monoisotopic (exact) mass is 347 g/mol. The number of hydrogen-bond donors (Lipinski definition) is 0. The Hall–Kier alpha value is -1.55. The van der Waals surface area contributed by atoms with Gasteiger partial charge in [-0.15, -0.1) is 0 Å². The van der Waals surface area contributed by atoms with E-state index in [-0.39, 0.29) is 5.97 Å². The first-order valence-electron chi connectivity index (χ1n) is 9.77. The van der Waals surface area contributed by atoms with Crippen LogP contribution in [0.2, 0.25) is 0 Å². The van der Waals surface area contributed by atoms with Gasteiger partial charge in [0, 0.05) is 18.6 Å². The van der Waals surface area contributed by atoms with Gasteiger partial charge in [0.05, 0.1) is 18.8 Å². The third kappa shape index (κ3) is 6.35. The molecule has 1 aliphatic heterocycles. The predicted octanol–water partition coefficient (Wildman–Crippen LogP) is 4.68. The summed E-state index contributed by atoms with van der Waals surface area (Å²) in [4.78, 5) is 14.7. The highest BCUT2D eigenvalue weighted by Crippen LogP contribution is 2.22. The van der Waals surface area contributed by atoms with Crippen LogP contribution in [0.15, 0.2) is 24.3 Å². The Bertz CT molecular complexity index is 504. The molecule has 0 saturated carbocycles. The number of carbonyl (C=O) groups is 1. The summed E-state index contributed by atoms with van der Waals surface area (Å²) < 4.78 is 11.0. The third-order valence-electron chi connectivity index (χ3n) is 5.03. The molecule has 1 aromatic carbocycles. The minimum atomic E-state index is -0.250. The molecule has 1 aromatic rings. The molecule has 0 radical (unpaired) electrons.